The van der Waals surface area contributed by atoms with E-state index in [4.69, 9.17) is 44.1 Å². The molecule has 18 heavy (non-hydrogen) atoms. The number of benzene rings is 1. The SMILES string of the molecule is NC(=O)COc1cc(OCC(N)=O)c(Cl)cc1Cl. The van der Waals surface area contributed by atoms with Gasteiger partial charge in [0.15, 0.2) is 13.2 Å². The second-order valence-corrected chi connectivity index (χ2v) is 4.04. The summed E-state index contributed by atoms with van der Waals surface area (Å²) in [5.74, 6) is -0.972. The summed E-state index contributed by atoms with van der Waals surface area (Å²) in [5.41, 5.74) is 9.86. The van der Waals surface area contributed by atoms with Gasteiger partial charge in [0.1, 0.15) is 11.5 Å². The smallest absolute Gasteiger partial charge is 0.255 e. The van der Waals surface area contributed by atoms with Crippen LogP contribution in [0.2, 0.25) is 10.0 Å². The topological polar surface area (TPSA) is 105 Å². The zero-order valence-corrected chi connectivity index (χ0v) is 10.6. The number of carbonyl (C=O) groups is 2. The molecule has 98 valence electrons. The van der Waals surface area contributed by atoms with Gasteiger partial charge in [0.25, 0.3) is 11.8 Å². The van der Waals surface area contributed by atoms with Crippen LogP contribution in [0.15, 0.2) is 12.1 Å². The summed E-state index contributed by atoms with van der Waals surface area (Å²) in [4.78, 5) is 21.2. The van der Waals surface area contributed by atoms with Crippen molar-refractivity contribution >= 4 is 35.0 Å². The van der Waals surface area contributed by atoms with Gasteiger partial charge in [0.2, 0.25) is 0 Å². The van der Waals surface area contributed by atoms with Crippen LogP contribution in [0.25, 0.3) is 0 Å². The average molecular weight is 293 g/mol. The first-order valence-electron chi connectivity index (χ1n) is 4.71. The molecule has 0 aromatic heterocycles. The van der Waals surface area contributed by atoms with Crippen LogP contribution in [0.4, 0.5) is 0 Å². The molecule has 0 saturated heterocycles. The predicted molar refractivity (Wildman–Crippen MR) is 65.8 cm³/mol. The number of hydrogen-bond donors (Lipinski definition) is 2. The standard InChI is InChI=1S/C10H10Cl2N2O4/c11-5-1-6(12)8(18-4-10(14)16)2-7(5)17-3-9(13)15/h1-2H,3-4H2,(H2,13,15)(H2,14,16). The molecule has 0 fully saturated rings. The number of hydrogen-bond acceptors (Lipinski definition) is 4. The Hall–Kier alpha value is -1.66. The second kappa shape index (κ2) is 6.32. The van der Waals surface area contributed by atoms with E-state index in [2.05, 4.69) is 0 Å². The van der Waals surface area contributed by atoms with Crippen molar-refractivity contribution in [2.24, 2.45) is 11.5 Å². The first-order valence-corrected chi connectivity index (χ1v) is 5.47. The summed E-state index contributed by atoms with van der Waals surface area (Å²) in [5, 5.41) is 0.375. The highest BCUT2D eigenvalue weighted by molar-refractivity contribution is 6.36. The first kappa shape index (κ1) is 14.4. The summed E-state index contributed by atoms with van der Waals surface area (Å²) in [6.07, 6.45) is 0. The summed E-state index contributed by atoms with van der Waals surface area (Å²) in [7, 11) is 0. The van der Waals surface area contributed by atoms with Crippen molar-refractivity contribution in [3.8, 4) is 11.5 Å². The maximum atomic E-state index is 10.6. The Labute approximate surface area is 113 Å². The van der Waals surface area contributed by atoms with Gasteiger partial charge in [-0.15, -0.1) is 0 Å². The van der Waals surface area contributed by atoms with Gasteiger partial charge in [-0.25, -0.2) is 0 Å². The zero-order valence-electron chi connectivity index (χ0n) is 9.11. The molecule has 2 amide bonds. The maximum absolute atomic E-state index is 10.6. The lowest BCUT2D eigenvalue weighted by atomic mass is 10.3. The monoisotopic (exact) mass is 292 g/mol. The van der Waals surface area contributed by atoms with Crippen molar-refractivity contribution in [2.75, 3.05) is 13.2 Å². The number of nitrogens with two attached hydrogens (primary N) is 2. The lowest BCUT2D eigenvalue weighted by molar-refractivity contribution is -0.120. The fraction of sp³-hybridized carbons (Fsp3) is 0.200. The molecule has 0 atom stereocenters. The third-order valence-electron chi connectivity index (χ3n) is 1.73. The van der Waals surface area contributed by atoms with Gasteiger partial charge in [-0.2, -0.15) is 0 Å². The third kappa shape index (κ3) is 4.31. The zero-order chi connectivity index (χ0) is 13.7. The molecule has 8 heteroatoms. The van der Waals surface area contributed by atoms with Crippen LogP contribution < -0.4 is 20.9 Å². The van der Waals surface area contributed by atoms with Gasteiger partial charge >= 0.3 is 0 Å². The van der Waals surface area contributed by atoms with E-state index in [0.29, 0.717) is 0 Å². The summed E-state index contributed by atoms with van der Waals surface area (Å²) in [6.45, 7) is -0.673. The molecule has 4 N–H and O–H groups in total. The third-order valence-corrected chi connectivity index (χ3v) is 2.32. The van der Waals surface area contributed by atoms with Crippen molar-refractivity contribution in [1.29, 1.82) is 0 Å². The highest BCUT2D eigenvalue weighted by atomic mass is 35.5. The van der Waals surface area contributed by atoms with Gasteiger partial charge in [-0.1, -0.05) is 23.2 Å². The quantitative estimate of drug-likeness (QED) is 0.806. The van der Waals surface area contributed by atoms with E-state index in [0.717, 1.165) is 0 Å². The summed E-state index contributed by atoms with van der Waals surface area (Å²) in [6, 6.07) is 2.70. The van der Waals surface area contributed by atoms with E-state index in [1.165, 1.54) is 12.1 Å². The van der Waals surface area contributed by atoms with Crippen LogP contribution in [0.5, 0.6) is 11.5 Å². The molecule has 0 spiro atoms. The number of amides is 2. The molecule has 0 aliphatic heterocycles. The van der Waals surface area contributed by atoms with Gasteiger partial charge in [0, 0.05) is 6.07 Å². The number of rotatable bonds is 6. The van der Waals surface area contributed by atoms with Crippen LogP contribution in [0.3, 0.4) is 0 Å². The molecular weight excluding hydrogens is 283 g/mol. The summed E-state index contributed by atoms with van der Waals surface area (Å²) >= 11 is 11.7. The molecule has 1 rings (SSSR count). The highest BCUT2D eigenvalue weighted by Gasteiger charge is 2.11. The van der Waals surface area contributed by atoms with Crippen molar-refractivity contribution in [2.45, 2.75) is 0 Å². The van der Waals surface area contributed by atoms with Crippen molar-refractivity contribution in [3.63, 3.8) is 0 Å². The Morgan fingerprint density at radius 1 is 0.944 bits per heavy atom. The van der Waals surface area contributed by atoms with E-state index in [1.807, 2.05) is 0 Å². The van der Waals surface area contributed by atoms with Gasteiger partial charge < -0.3 is 20.9 Å². The number of carbonyl (C=O) groups excluding carboxylic acids is 2. The van der Waals surface area contributed by atoms with Crippen LogP contribution in [-0.4, -0.2) is 25.0 Å². The van der Waals surface area contributed by atoms with E-state index < -0.39 is 11.8 Å². The summed E-state index contributed by atoms with van der Waals surface area (Å²) < 4.78 is 10.1. The molecule has 0 aliphatic rings. The van der Waals surface area contributed by atoms with E-state index in [-0.39, 0.29) is 34.8 Å². The fourth-order valence-corrected chi connectivity index (χ4v) is 1.52. The first-order chi connectivity index (χ1) is 8.40. The minimum absolute atomic E-state index is 0.166. The second-order valence-electron chi connectivity index (χ2n) is 3.22. The molecule has 1 aromatic carbocycles. The molecule has 0 heterocycles. The van der Waals surface area contributed by atoms with Crippen LogP contribution in [0.1, 0.15) is 0 Å². The Morgan fingerprint density at radius 2 is 1.33 bits per heavy atom. The minimum Gasteiger partial charge on any atom is -0.482 e. The van der Waals surface area contributed by atoms with E-state index in [1.54, 1.807) is 0 Å². The van der Waals surface area contributed by atoms with Crippen LogP contribution in [-0.2, 0) is 9.59 Å². The van der Waals surface area contributed by atoms with Crippen LogP contribution in [0, 0.1) is 0 Å². The highest BCUT2D eigenvalue weighted by Crippen LogP contribution is 2.35. The Morgan fingerprint density at radius 3 is 1.67 bits per heavy atom. The molecule has 0 bridgehead atoms. The average Bonchev–Trinajstić information content (AvgIpc) is 2.26. The van der Waals surface area contributed by atoms with Crippen molar-refractivity contribution < 1.29 is 19.1 Å². The van der Waals surface area contributed by atoms with E-state index >= 15 is 0 Å². The van der Waals surface area contributed by atoms with Gasteiger partial charge in [0.05, 0.1) is 10.0 Å². The molecule has 0 unspecified atom stereocenters. The number of ether oxygens (including phenoxy) is 2. The maximum Gasteiger partial charge on any atom is 0.255 e. The Kier molecular flexibility index (Phi) is 5.06. The van der Waals surface area contributed by atoms with E-state index in [9.17, 15) is 9.59 Å². The minimum atomic E-state index is -0.652. The Balaban J connectivity index is 2.87. The Bertz CT molecular complexity index is 440. The molecular formula is C10H10Cl2N2O4. The fourth-order valence-electron chi connectivity index (χ4n) is 1.03. The molecule has 0 saturated carbocycles. The number of primary amides is 2. The number of halogens is 2. The lowest BCUT2D eigenvalue weighted by Crippen LogP contribution is -2.21. The predicted octanol–water partition coefficient (Wildman–Crippen LogP) is 0.722. The molecule has 0 radical (unpaired) electrons. The largest absolute Gasteiger partial charge is 0.482 e. The lowest BCUT2D eigenvalue weighted by Gasteiger charge is -2.11. The molecule has 0 aliphatic carbocycles. The normalized spacial score (nSPS) is 9.89. The van der Waals surface area contributed by atoms with Crippen LogP contribution >= 0.6 is 23.2 Å². The van der Waals surface area contributed by atoms with Crippen molar-refractivity contribution in [1.82, 2.24) is 0 Å². The van der Waals surface area contributed by atoms with Crippen molar-refractivity contribution in [3.05, 3.63) is 22.2 Å². The van der Waals surface area contributed by atoms with Gasteiger partial charge in [-0.3, -0.25) is 9.59 Å². The molecule has 1 aromatic rings. The molecule has 6 nitrogen and oxygen atoms in total. The van der Waals surface area contributed by atoms with Gasteiger partial charge in [-0.05, 0) is 6.07 Å².